The first-order valence-electron chi connectivity index (χ1n) is 10.5. The average Bonchev–Trinajstić information content (AvgIpc) is 3.36. The molecule has 1 fully saturated rings. The van der Waals surface area contributed by atoms with E-state index in [9.17, 15) is 9.18 Å². The Morgan fingerprint density at radius 2 is 1.83 bits per heavy atom. The molecule has 2 aromatic carbocycles. The number of halogens is 1. The fourth-order valence-corrected chi connectivity index (χ4v) is 5.74. The molecule has 0 bridgehead atoms. The van der Waals surface area contributed by atoms with Crippen LogP contribution in [0, 0.1) is 12.7 Å². The minimum Gasteiger partial charge on any atom is -0.296 e. The van der Waals surface area contributed by atoms with E-state index in [1.165, 1.54) is 10.9 Å². The summed E-state index contributed by atoms with van der Waals surface area (Å²) in [5, 5.41) is 2.11. The van der Waals surface area contributed by atoms with Gasteiger partial charge in [0, 0.05) is 55.1 Å². The molecule has 1 atom stereocenters. The number of benzene rings is 2. The van der Waals surface area contributed by atoms with Crippen molar-refractivity contribution in [3.8, 4) is 0 Å². The van der Waals surface area contributed by atoms with Gasteiger partial charge in [0.1, 0.15) is 11.4 Å². The first kappa shape index (κ1) is 19.6. The molecular weight excluding hydrogens is 395 g/mol. The van der Waals surface area contributed by atoms with Crippen LogP contribution < -0.4 is 0 Å². The lowest BCUT2D eigenvalue weighted by Gasteiger charge is -2.45. The summed E-state index contributed by atoms with van der Waals surface area (Å²) in [6.07, 6.45) is 0.405. The van der Waals surface area contributed by atoms with Crippen molar-refractivity contribution in [3.63, 3.8) is 0 Å². The molecule has 30 heavy (non-hydrogen) atoms. The lowest BCUT2D eigenvalue weighted by Crippen LogP contribution is -2.58. The summed E-state index contributed by atoms with van der Waals surface area (Å²) >= 11 is 1.78. The minimum atomic E-state index is -0.814. The molecule has 5 rings (SSSR count). The monoisotopic (exact) mass is 420 g/mol. The first-order chi connectivity index (χ1) is 14.6. The predicted octanol–water partition coefficient (Wildman–Crippen LogP) is 4.65. The Hall–Kier alpha value is -2.34. The Morgan fingerprint density at radius 1 is 1.03 bits per heavy atom. The Kier molecular flexibility index (Phi) is 5.05. The molecule has 154 valence electrons. The third-order valence-corrected chi connectivity index (χ3v) is 7.40. The topological polar surface area (TPSA) is 23.6 Å². The molecule has 2 aliphatic rings. The van der Waals surface area contributed by atoms with Crippen molar-refractivity contribution in [1.82, 2.24) is 9.80 Å². The average molecular weight is 421 g/mol. The molecule has 3 nitrogen and oxygen atoms in total. The van der Waals surface area contributed by atoms with Gasteiger partial charge in [0.25, 0.3) is 0 Å². The van der Waals surface area contributed by atoms with E-state index in [1.807, 2.05) is 25.1 Å². The Labute approximate surface area is 180 Å². The molecular formula is C25H25FN2OS. The van der Waals surface area contributed by atoms with E-state index in [0.717, 1.165) is 43.9 Å². The SMILES string of the molecule is Cc1cccc(C2(N3CCN(Cc4cccs4)CC3)Cc3c(F)cccc3C2=O)c1. The minimum absolute atomic E-state index is 0.0364. The maximum absolute atomic E-state index is 14.7. The fraction of sp³-hybridized carbons (Fsp3) is 0.320. The highest BCUT2D eigenvalue weighted by molar-refractivity contribution is 7.09. The zero-order chi connectivity index (χ0) is 20.7. The van der Waals surface area contributed by atoms with E-state index in [0.29, 0.717) is 17.5 Å². The first-order valence-corrected chi connectivity index (χ1v) is 11.3. The summed E-state index contributed by atoms with van der Waals surface area (Å²) in [4.78, 5) is 19.9. The zero-order valence-electron chi connectivity index (χ0n) is 17.1. The number of ketones is 1. The number of aryl methyl sites for hydroxylation is 1. The Balaban J connectivity index is 1.48. The highest BCUT2D eigenvalue weighted by atomic mass is 32.1. The molecule has 0 spiro atoms. The molecule has 0 saturated carbocycles. The van der Waals surface area contributed by atoms with Crippen molar-refractivity contribution in [3.05, 3.63) is 92.9 Å². The number of rotatable bonds is 4. The summed E-state index contributed by atoms with van der Waals surface area (Å²) < 4.78 is 14.7. The van der Waals surface area contributed by atoms with Gasteiger partial charge in [-0.15, -0.1) is 11.3 Å². The summed E-state index contributed by atoms with van der Waals surface area (Å²) in [6.45, 7) is 6.38. The smallest absolute Gasteiger partial charge is 0.188 e. The van der Waals surface area contributed by atoms with Crippen molar-refractivity contribution < 1.29 is 9.18 Å². The van der Waals surface area contributed by atoms with Gasteiger partial charge in [0.15, 0.2) is 5.78 Å². The molecule has 3 aromatic rings. The second kappa shape index (κ2) is 7.73. The van der Waals surface area contributed by atoms with Crippen LogP contribution in [0.25, 0.3) is 0 Å². The molecule has 1 saturated heterocycles. The lowest BCUT2D eigenvalue weighted by molar-refractivity contribution is 0.0289. The predicted molar refractivity (Wildman–Crippen MR) is 118 cm³/mol. The van der Waals surface area contributed by atoms with Crippen LogP contribution in [0.5, 0.6) is 0 Å². The number of Topliss-reactive ketones (excluding diaryl/α,β-unsaturated/α-hetero) is 1. The van der Waals surface area contributed by atoms with Crippen LogP contribution in [0.3, 0.4) is 0 Å². The van der Waals surface area contributed by atoms with Crippen LogP contribution in [0.2, 0.25) is 0 Å². The summed E-state index contributed by atoms with van der Waals surface area (Å²) in [5.41, 5.74) is 2.38. The maximum atomic E-state index is 14.7. The van der Waals surface area contributed by atoms with Gasteiger partial charge in [-0.1, -0.05) is 48.0 Å². The molecule has 0 N–H and O–H groups in total. The largest absolute Gasteiger partial charge is 0.296 e. The molecule has 1 unspecified atom stereocenters. The van der Waals surface area contributed by atoms with Crippen LogP contribution in [0.1, 0.15) is 31.9 Å². The number of carbonyl (C=O) groups is 1. The van der Waals surface area contributed by atoms with Gasteiger partial charge in [0.05, 0.1) is 0 Å². The third kappa shape index (κ3) is 3.22. The van der Waals surface area contributed by atoms with Gasteiger partial charge in [-0.2, -0.15) is 0 Å². The number of piperazine rings is 1. The van der Waals surface area contributed by atoms with Crippen molar-refractivity contribution in [2.45, 2.75) is 25.4 Å². The molecule has 0 radical (unpaired) electrons. The van der Waals surface area contributed by atoms with Gasteiger partial charge in [-0.25, -0.2) is 4.39 Å². The van der Waals surface area contributed by atoms with Crippen LogP contribution >= 0.6 is 11.3 Å². The van der Waals surface area contributed by atoms with E-state index in [2.05, 4.69) is 33.4 Å². The van der Waals surface area contributed by atoms with Crippen molar-refractivity contribution in [1.29, 1.82) is 0 Å². The fourth-order valence-electron chi connectivity index (χ4n) is 4.99. The van der Waals surface area contributed by atoms with E-state index in [4.69, 9.17) is 0 Å². The molecule has 0 amide bonds. The number of thiophene rings is 1. The van der Waals surface area contributed by atoms with Gasteiger partial charge >= 0.3 is 0 Å². The van der Waals surface area contributed by atoms with E-state index in [-0.39, 0.29) is 11.6 Å². The van der Waals surface area contributed by atoms with Crippen LogP contribution in [0.15, 0.2) is 60.0 Å². The Bertz CT molecular complexity index is 1070. The van der Waals surface area contributed by atoms with Gasteiger partial charge in [-0.05, 0) is 30.0 Å². The second-order valence-corrected chi connectivity index (χ2v) is 9.38. The van der Waals surface area contributed by atoms with Crippen LogP contribution in [-0.2, 0) is 18.5 Å². The quantitative estimate of drug-likeness (QED) is 0.614. The number of hydrogen-bond donors (Lipinski definition) is 0. The van der Waals surface area contributed by atoms with E-state index >= 15 is 0 Å². The Morgan fingerprint density at radius 3 is 2.53 bits per heavy atom. The summed E-state index contributed by atoms with van der Waals surface area (Å²) in [6, 6.07) is 17.3. The van der Waals surface area contributed by atoms with Gasteiger partial charge < -0.3 is 0 Å². The van der Waals surface area contributed by atoms with Crippen LogP contribution in [-0.4, -0.2) is 41.8 Å². The molecule has 5 heteroatoms. The van der Waals surface area contributed by atoms with Crippen molar-refractivity contribution in [2.24, 2.45) is 0 Å². The highest BCUT2D eigenvalue weighted by Gasteiger charge is 2.52. The normalized spacial score (nSPS) is 22.4. The maximum Gasteiger partial charge on any atom is 0.188 e. The number of nitrogens with zero attached hydrogens (tertiary/aromatic N) is 2. The number of carbonyl (C=O) groups excluding carboxylic acids is 1. The molecule has 1 aromatic heterocycles. The van der Waals surface area contributed by atoms with Crippen LogP contribution in [0.4, 0.5) is 4.39 Å². The van der Waals surface area contributed by atoms with Gasteiger partial charge in [0.2, 0.25) is 0 Å². The van der Waals surface area contributed by atoms with E-state index < -0.39 is 5.54 Å². The standard InChI is InChI=1S/C25H25FN2OS/c1-18-5-2-6-19(15-18)25(16-22-21(24(25)29)8-3-9-23(22)26)28-12-10-27(11-13-28)17-20-7-4-14-30-20/h2-9,14-15H,10-13,16-17H2,1H3. The molecule has 2 heterocycles. The third-order valence-electron chi connectivity index (χ3n) is 6.54. The van der Waals surface area contributed by atoms with E-state index in [1.54, 1.807) is 23.5 Å². The van der Waals surface area contributed by atoms with Crippen molar-refractivity contribution >= 4 is 17.1 Å². The summed E-state index contributed by atoms with van der Waals surface area (Å²) in [5.74, 6) is -0.235. The zero-order valence-corrected chi connectivity index (χ0v) is 17.9. The number of hydrogen-bond acceptors (Lipinski definition) is 4. The molecule has 1 aliphatic carbocycles. The van der Waals surface area contributed by atoms with Crippen molar-refractivity contribution in [2.75, 3.05) is 26.2 Å². The second-order valence-electron chi connectivity index (χ2n) is 8.34. The number of fused-ring (bicyclic) bond motifs is 1. The van der Waals surface area contributed by atoms with Gasteiger partial charge in [-0.3, -0.25) is 14.6 Å². The summed E-state index contributed by atoms with van der Waals surface area (Å²) in [7, 11) is 0. The highest BCUT2D eigenvalue weighted by Crippen LogP contribution is 2.44. The lowest BCUT2D eigenvalue weighted by atomic mass is 9.82. The molecule has 1 aliphatic heterocycles.